The van der Waals surface area contributed by atoms with Crippen molar-refractivity contribution in [1.29, 1.82) is 0 Å². The van der Waals surface area contributed by atoms with Gasteiger partial charge in [0.1, 0.15) is 0 Å². The fourth-order valence-corrected chi connectivity index (χ4v) is 2.07. The van der Waals surface area contributed by atoms with Gasteiger partial charge in [0.2, 0.25) is 0 Å². The first kappa shape index (κ1) is 16.9. The standard InChI is InChI=1S/C19H21NO3/c1-19(18(21)22-2,20-13-16-9-5-3-6-10-16)15-23-14-17-11-7-4-8-12-17/h3-13H,14-15H2,1-2H3. The molecule has 0 saturated carbocycles. The van der Waals surface area contributed by atoms with Gasteiger partial charge in [0.05, 0.1) is 20.3 Å². The van der Waals surface area contributed by atoms with Gasteiger partial charge in [-0.15, -0.1) is 0 Å². The largest absolute Gasteiger partial charge is 0.467 e. The van der Waals surface area contributed by atoms with Crippen molar-refractivity contribution in [3.05, 3.63) is 71.8 Å². The number of rotatable bonds is 7. The van der Waals surface area contributed by atoms with Crippen LogP contribution in [0.2, 0.25) is 0 Å². The molecule has 4 heteroatoms. The molecule has 0 fully saturated rings. The first-order chi connectivity index (χ1) is 11.1. The Balaban J connectivity index is 2.03. The molecule has 0 heterocycles. The number of ether oxygens (including phenoxy) is 2. The number of benzene rings is 2. The number of carbonyl (C=O) groups is 1. The van der Waals surface area contributed by atoms with E-state index in [1.165, 1.54) is 7.11 Å². The lowest BCUT2D eigenvalue weighted by Gasteiger charge is -2.22. The summed E-state index contributed by atoms with van der Waals surface area (Å²) in [6.45, 7) is 2.29. The molecule has 23 heavy (non-hydrogen) atoms. The van der Waals surface area contributed by atoms with Crippen LogP contribution in [0.5, 0.6) is 0 Å². The SMILES string of the molecule is COC(=O)C(C)(COCc1ccccc1)N=Cc1ccccc1. The van der Waals surface area contributed by atoms with E-state index in [4.69, 9.17) is 9.47 Å². The maximum absolute atomic E-state index is 12.1. The van der Waals surface area contributed by atoms with E-state index < -0.39 is 11.5 Å². The molecule has 0 aliphatic rings. The summed E-state index contributed by atoms with van der Waals surface area (Å²) >= 11 is 0. The van der Waals surface area contributed by atoms with Gasteiger partial charge in [0, 0.05) is 6.21 Å². The van der Waals surface area contributed by atoms with Crippen molar-refractivity contribution in [3.63, 3.8) is 0 Å². The highest BCUT2D eigenvalue weighted by molar-refractivity contribution is 5.86. The molecule has 120 valence electrons. The molecule has 1 atom stereocenters. The lowest BCUT2D eigenvalue weighted by Crippen LogP contribution is -2.39. The molecule has 4 nitrogen and oxygen atoms in total. The van der Waals surface area contributed by atoms with Crippen LogP contribution in [0.1, 0.15) is 18.1 Å². The molecule has 2 aromatic carbocycles. The molecular formula is C19H21NO3. The van der Waals surface area contributed by atoms with Crippen LogP contribution in [0.3, 0.4) is 0 Å². The van der Waals surface area contributed by atoms with Crippen molar-refractivity contribution in [2.45, 2.75) is 19.1 Å². The smallest absolute Gasteiger partial charge is 0.335 e. The molecule has 0 aromatic heterocycles. The predicted molar refractivity (Wildman–Crippen MR) is 90.6 cm³/mol. The van der Waals surface area contributed by atoms with Gasteiger partial charge in [-0.25, -0.2) is 4.79 Å². The number of carbonyl (C=O) groups excluding carboxylic acids is 1. The Morgan fingerprint density at radius 1 is 1.09 bits per heavy atom. The lowest BCUT2D eigenvalue weighted by atomic mass is 10.1. The van der Waals surface area contributed by atoms with E-state index in [0.29, 0.717) is 6.61 Å². The van der Waals surface area contributed by atoms with Gasteiger partial charge >= 0.3 is 5.97 Å². The van der Waals surface area contributed by atoms with Crippen molar-refractivity contribution in [2.75, 3.05) is 13.7 Å². The maximum atomic E-state index is 12.1. The van der Waals surface area contributed by atoms with E-state index in [1.807, 2.05) is 60.7 Å². The number of hydrogen-bond acceptors (Lipinski definition) is 4. The molecule has 0 N–H and O–H groups in total. The first-order valence-corrected chi connectivity index (χ1v) is 7.44. The fraction of sp³-hybridized carbons (Fsp3) is 0.263. The first-order valence-electron chi connectivity index (χ1n) is 7.44. The van der Waals surface area contributed by atoms with Crippen molar-refractivity contribution in [2.24, 2.45) is 4.99 Å². The number of methoxy groups -OCH3 is 1. The van der Waals surface area contributed by atoms with E-state index in [1.54, 1.807) is 13.1 Å². The maximum Gasteiger partial charge on any atom is 0.335 e. The van der Waals surface area contributed by atoms with Gasteiger partial charge in [-0.1, -0.05) is 60.7 Å². The molecule has 1 unspecified atom stereocenters. The topological polar surface area (TPSA) is 47.9 Å². The van der Waals surface area contributed by atoms with Crippen LogP contribution < -0.4 is 0 Å². The van der Waals surface area contributed by atoms with Crippen LogP contribution in [0.4, 0.5) is 0 Å². The number of esters is 1. The van der Waals surface area contributed by atoms with Gasteiger partial charge in [-0.2, -0.15) is 0 Å². The molecule has 0 saturated heterocycles. The number of hydrogen-bond donors (Lipinski definition) is 0. The normalized spacial score (nSPS) is 13.7. The molecule has 0 amide bonds. The summed E-state index contributed by atoms with van der Waals surface area (Å²) in [5.74, 6) is -0.419. The summed E-state index contributed by atoms with van der Waals surface area (Å²) in [5, 5.41) is 0. The van der Waals surface area contributed by atoms with Crippen molar-refractivity contribution < 1.29 is 14.3 Å². The zero-order valence-corrected chi connectivity index (χ0v) is 13.4. The Kier molecular flexibility index (Phi) is 6.06. The molecule has 0 radical (unpaired) electrons. The molecular weight excluding hydrogens is 290 g/mol. The van der Waals surface area contributed by atoms with Crippen molar-refractivity contribution >= 4 is 12.2 Å². The minimum atomic E-state index is -1.07. The molecule has 0 aliphatic heterocycles. The fourth-order valence-electron chi connectivity index (χ4n) is 2.07. The van der Waals surface area contributed by atoms with Gasteiger partial charge in [-0.05, 0) is 18.1 Å². The summed E-state index contributed by atoms with van der Waals surface area (Å²) in [6, 6.07) is 19.4. The number of nitrogens with zero attached hydrogens (tertiary/aromatic N) is 1. The number of aliphatic imine (C=N–C) groups is 1. The summed E-state index contributed by atoms with van der Waals surface area (Å²) < 4.78 is 10.6. The van der Waals surface area contributed by atoms with E-state index in [9.17, 15) is 4.79 Å². The summed E-state index contributed by atoms with van der Waals surface area (Å²) in [6.07, 6.45) is 1.67. The summed E-state index contributed by atoms with van der Waals surface area (Å²) in [5.41, 5.74) is 0.900. The highest BCUT2D eigenvalue weighted by atomic mass is 16.5. The highest BCUT2D eigenvalue weighted by Crippen LogP contribution is 2.15. The van der Waals surface area contributed by atoms with Crippen LogP contribution >= 0.6 is 0 Å². The molecule has 2 rings (SSSR count). The zero-order chi connectivity index (χ0) is 16.5. The van der Waals surface area contributed by atoms with E-state index in [-0.39, 0.29) is 6.61 Å². The third kappa shape index (κ3) is 5.04. The Morgan fingerprint density at radius 2 is 1.70 bits per heavy atom. The zero-order valence-electron chi connectivity index (χ0n) is 13.4. The highest BCUT2D eigenvalue weighted by Gasteiger charge is 2.33. The van der Waals surface area contributed by atoms with Crippen LogP contribution in [0.25, 0.3) is 0 Å². The van der Waals surface area contributed by atoms with E-state index >= 15 is 0 Å². The third-order valence-corrected chi connectivity index (χ3v) is 3.42. The Hall–Kier alpha value is -2.46. The van der Waals surface area contributed by atoms with E-state index in [2.05, 4.69) is 4.99 Å². The van der Waals surface area contributed by atoms with Gasteiger partial charge in [0.15, 0.2) is 5.54 Å². The second kappa shape index (κ2) is 8.25. The lowest BCUT2D eigenvalue weighted by molar-refractivity contribution is -0.148. The van der Waals surface area contributed by atoms with Crippen LogP contribution in [0, 0.1) is 0 Å². The Labute approximate surface area is 136 Å². The average Bonchev–Trinajstić information content (AvgIpc) is 2.61. The Bertz CT molecular complexity index is 640. The van der Waals surface area contributed by atoms with Gasteiger partial charge in [-0.3, -0.25) is 4.99 Å². The van der Waals surface area contributed by atoms with Crippen molar-refractivity contribution in [1.82, 2.24) is 0 Å². The second-order valence-corrected chi connectivity index (χ2v) is 5.41. The molecule has 0 aliphatic carbocycles. The van der Waals surface area contributed by atoms with Crippen LogP contribution in [0.15, 0.2) is 65.7 Å². The monoisotopic (exact) mass is 311 g/mol. The quantitative estimate of drug-likeness (QED) is 0.582. The predicted octanol–water partition coefficient (Wildman–Crippen LogP) is 3.25. The second-order valence-electron chi connectivity index (χ2n) is 5.41. The summed E-state index contributed by atoms with van der Waals surface area (Å²) in [7, 11) is 1.36. The third-order valence-electron chi connectivity index (χ3n) is 3.42. The molecule has 0 spiro atoms. The van der Waals surface area contributed by atoms with Crippen LogP contribution in [-0.2, 0) is 20.9 Å². The Morgan fingerprint density at radius 3 is 2.30 bits per heavy atom. The van der Waals surface area contributed by atoms with E-state index in [0.717, 1.165) is 11.1 Å². The van der Waals surface area contributed by atoms with Crippen molar-refractivity contribution in [3.8, 4) is 0 Å². The molecule has 2 aromatic rings. The van der Waals surface area contributed by atoms with Gasteiger partial charge < -0.3 is 9.47 Å². The van der Waals surface area contributed by atoms with Gasteiger partial charge in [0.25, 0.3) is 0 Å². The minimum absolute atomic E-state index is 0.151. The molecule has 0 bridgehead atoms. The minimum Gasteiger partial charge on any atom is -0.467 e. The average molecular weight is 311 g/mol. The van der Waals surface area contributed by atoms with Crippen LogP contribution in [-0.4, -0.2) is 31.4 Å². The summed E-state index contributed by atoms with van der Waals surface area (Å²) in [4.78, 5) is 16.5.